The number of nitrogen functional groups attached to an aromatic ring is 1. The molecule has 1 aliphatic rings. The van der Waals surface area contributed by atoms with E-state index in [4.69, 9.17) is 10.5 Å². The molecule has 0 spiro atoms. The first kappa shape index (κ1) is 23.9. The van der Waals surface area contributed by atoms with Gasteiger partial charge >= 0.3 is 0 Å². The fourth-order valence-electron chi connectivity index (χ4n) is 4.59. The maximum Gasteiger partial charge on any atom is 0.295 e. The van der Waals surface area contributed by atoms with Gasteiger partial charge in [-0.05, 0) is 19.1 Å². The zero-order chi connectivity index (χ0) is 26.1. The average Bonchev–Trinajstić information content (AvgIpc) is 3.37. The first-order chi connectivity index (χ1) is 17.9. The van der Waals surface area contributed by atoms with E-state index in [1.165, 1.54) is 36.8 Å². The van der Waals surface area contributed by atoms with Crippen LogP contribution in [-0.2, 0) is 4.79 Å². The summed E-state index contributed by atoms with van der Waals surface area (Å²) in [5.74, 6) is -0.879. The first-order valence-electron chi connectivity index (χ1n) is 11.7. The Balaban J connectivity index is 1.41. The molecule has 4 aromatic rings. The lowest BCUT2D eigenvalue weighted by Gasteiger charge is -2.39. The minimum Gasteiger partial charge on any atom is -0.494 e. The number of anilines is 1. The highest BCUT2D eigenvalue weighted by molar-refractivity contribution is 6.45. The second kappa shape index (κ2) is 9.69. The molecule has 0 radical (unpaired) electrons. The van der Waals surface area contributed by atoms with Gasteiger partial charge in [-0.2, -0.15) is 0 Å². The Morgan fingerprint density at radius 2 is 1.89 bits per heavy atom. The molecule has 0 bridgehead atoms. The number of methoxy groups -OCH3 is 1. The molecule has 1 atom stereocenters. The number of H-pyrrole nitrogens is 1. The summed E-state index contributed by atoms with van der Waals surface area (Å²) >= 11 is 0. The molecular formula is C26H25N7O4. The number of piperazine rings is 1. The van der Waals surface area contributed by atoms with Crippen molar-refractivity contribution in [3.8, 4) is 17.1 Å². The lowest BCUT2D eigenvalue weighted by atomic mass is 10.0. The molecule has 1 fully saturated rings. The van der Waals surface area contributed by atoms with Gasteiger partial charge in [0.05, 0.1) is 42.2 Å². The molecule has 3 N–H and O–H groups in total. The highest BCUT2D eigenvalue weighted by atomic mass is 16.5. The maximum absolute atomic E-state index is 13.5. The molecule has 188 valence electrons. The van der Waals surface area contributed by atoms with Gasteiger partial charge in [0.15, 0.2) is 0 Å². The summed E-state index contributed by atoms with van der Waals surface area (Å²) in [6, 6.07) is 8.65. The molecule has 11 nitrogen and oxygen atoms in total. The Morgan fingerprint density at radius 1 is 1.11 bits per heavy atom. The van der Waals surface area contributed by atoms with Crippen LogP contribution < -0.4 is 10.5 Å². The number of carbonyl (C=O) groups excluding carboxylic acids is 3. The summed E-state index contributed by atoms with van der Waals surface area (Å²) in [5, 5.41) is 0.417. The van der Waals surface area contributed by atoms with Crippen molar-refractivity contribution in [1.82, 2.24) is 29.7 Å². The predicted octanol–water partition coefficient (Wildman–Crippen LogP) is 2.17. The summed E-state index contributed by atoms with van der Waals surface area (Å²) in [6.07, 6.45) is 5.86. The monoisotopic (exact) mass is 499 g/mol. The van der Waals surface area contributed by atoms with Crippen LogP contribution in [0.1, 0.15) is 27.6 Å². The van der Waals surface area contributed by atoms with Gasteiger partial charge in [-0.1, -0.05) is 18.2 Å². The molecule has 37 heavy (non-hydrogen) atoms. The highest BCUT2D eigenvalue weighted by Crippen LogP contribution is 2.34. The second-order valence-corrected chi connectivity index (χ2v) is 8.75. The Hall–Kier alpha value is -4.80. The Labute approximate surface area is 212 Å². The van der Waals surface area contributed by atoms with Crippen molar-refractivity contribution in [2.75, 3.05) is 32.5 Å². The van der Waals surface area contributed by atoms with Gasteiger partial charge in [0.25, 0.3) is 17.6 Å². The Morgan fingerprint density at radius 3 is 2.59 bits per heavy atom. The number of benzene rings is 1. The van der Waals surface area contributed by atoms with E-state index in [0.29, 0.717) is 46.7 Å². The van der Waals surface area contributed by atoms with Gasteiger partial charge in [-0.25, -0.2) is 9.97 Å². The van der Waals surface area contributed by atoms with E-state index in [1.807, 2.05) is 25.1 Å². The van der Waals surface area contributed by atoms with Gasteiger partial charge in [-0.15, -0.1) is 0 Å². The smallest absolute Gasteiger partial charge is 0.295 e. The van der Waals surface area contributed by atoms with E-state index in [2.05, 4.69) is 19.9 Å². The largest absolute Gasteiger partial charge is 0.494 e. The highest BCUT2D eigenvalue weighted by Gasteiger charge is 2.35. The number of aromatic nitrogens is 4. The molecule has 1 aromatic carbocycles. The molecule has 1 aliphatic heterocycles. The Kier molecular flexibility index (Phi) is 6.26. The van der Waals surface area contributed by atoms with E-state index < -0.39 is 11.7 Å². The minimum absolute atomic E-state index is 0.100. The molecule has 1 saturated heterocycles. The number of rotatable bonds is 5. The van der Waals surface area contributed by atoms with E-state index in [-0.39, 0.29) is 29.9 Å². The van der Waals surface area contributed by atoms with Gasteiger partial charge in [0.2, 0.25) is 0 Å². The molecule has 0 unspecified atom stereocenters. The van der Waals surface area contributed by atoms with E-state index in [0.717, 1.165) is 0 Å². The fourth-order valence-corrected chi connectivity index (χ4v) is 4.59. The number of aromatic amines is 1. The molecular weight excluding hydrogens is 474 g/mol. The van der Waals surface area contributed by atoms with Crippen LogP contribution >= 0.6 is 0 Å². The third-order valence-corrected chi connectivity index (χ3v) is 6.43. The number of ether oxygens (including phenoxy) is 1. The number of nitrogens with zero attached hydrogens (tertiary/aromatic N) is 5. The van der Waals surface area contributed by atoms with E-state index in [9.17, 15) is 14.4 Å². The minimum atomic E-state index is -0.685. The van der Waals surface area contributed by atoms with Crippen molar-refractivity contribution >= 4 is 34.3 Å². The van der Waals surface area contributed by atoms with Gasteiger partial charge in [-0.3, -0.25) is 19.4 Å². The molecule has 4 heterocycles. The molecule has 3 aromatic heterocycles. The van der Waals surface area contributed by atoms with Crippen molar-refractivity contribution in [2.24, 2.45) is 0 Å². The van der Waals surface area contributed by atoms with Crippen LogP contribution in [0.3, 0.4) is 0 Å². The maximum atomic E-state index is 13.5. The first-order valence-corrected chi connectivity index (χ1v) is 11.7. The third-order valence-electron chi connectivity index (χ3n) is 6.43. The number of fused-ring (bicyclic) bond motifs is 1. The van der Waals surface area contributed by atoms with Gasteiger partial charge in [0, 0.05) is 37.4 Å². The summed E-state index contributed by atoms with van der Waals surface area (Å²) in [5.41, 5.74) is 7.83. The fraction of sp³-hybridized carbons (Fsp3) is 0.231. The number of hydrogen-bond acceptors (Lipinski definition) is 8. The van der Waals surface area contributed by atoms with Gasteiger partial charge in [0.1, 0.15) is 23.0 Å². The third kappa shape index (κ3) is 4.35. The van der Waals surface area contributed by atoms with Crippen LogP contribution in [0.4, 0.5) is 5.82 Å². The van der Waals surface area contributed by atoms with Crippen LogP contribution in [0.5, 0.6) is 5.75 Å². The molecule has 0 saturated carbocycles. The van der Waals surface area contributed by atoms with Crippen LogP contribution in [0.2, 0.25) is 0 Å². The van der Waals surface area contributed by atoms with Crippen LogP contribution in [0, 0.1) is 0 Å². The van der Waals surface area contributed by atoms with Crippen molar-refractivity contribution in [2.45, 2.75) is 13.0 Å². The number of amides is 2. The molecule has 5 rings (SSSR count). The summed E-state index contributed by atoms with van der Waals surface area (Å²) in [4.78, 5) is 58.6. The topological polar surface area (TPSA) is 147 Å². The number of ketones is 1. The summed E-state index contributed by atoms with van der Waals surface area (Å²) in [6.45, 7) is 2.73. The van der Waals surface area contributed by atoms with Crippen LogP contribution in [-0.4, -0.2) is 80.1 Å². The zero-order valence-corrected chi connectivity index (χ0v) is 20.3. The summed E-state index contributed by atoms with van der Waals surface area (Å²) < 4.78 is 5.46. The standard InChI is InChI=1S/C26H25N7O4/c1-15-14-32(25(35)16-6-4-3-5-7-16)8-9-33(15)26(36)24(34)17-10-29-23-21(17)19(37-2)12-30-22(23)18-11-28-13-20(27)31-18/h3-7,10-13,15,29H,8-9,14H2,1-2H3,(H2,27,31)/t15-/m1/s1. The quantitative estimate of drug-likeness (QED) is 0.314. The normalized spacial score (nSPS) is 15.6. The Bertz CT molecular complexity index is 1500. The predicted molar refractivity (Wildman–Crippen MR) is 136 cm³/mol. The number of Topliss-reactive ketones (excluding diaryl/α,β-unsaturated/α-hetero) is 1. The number of nitrogens with one attached hydrogen (secondary N) is 1. The number of hydrogen-bond donors (Lipinski definition) is 2. The molecule has 2 amide bonds. The summed E-state index contributed by atoms with van der Waals surface area (Å²) in [7, 11) is 1.46. The van der Waals surface area contributed by atoms with Crippen LogP contribution in [0.15, 0.2) is 55.1 Å². The van der Waals surface area contributed by atoms with Crippen LogP contribution in [0.25, 0.3) is 22.3 Å². The zero-order valence-electron chi connectivity index (χ0n) is 20.3. The van der Waals surface area contributed by atoms with Crippen molar-refractivity contribution in [1.29, 1.82) is 0 Å². The lowest BCUT2D eigenvalue weighted by molar-refractivity contribution is -0.130. The number of carbonyl (C=O) groups is 3. The number of nitrogens with two attached hydrogens (primary N) is 1. The van der Waals surface area contributed by atoms with E-state index >= 15 is 0 Å². The SMILES string of the molecule is COc1cnc(-c2cncc(N)n2)c2[nH]cc(C(=O)C(=O)N3CCN(C(=O)c4ccccc4)C[C@H]3C)c12. The number of pyridine rings is 1. The van der Waals surface area contributed by atoms with Gasteiger partial charge < -0.3 is 25.3 Å². The van der Waals surface area contributed by atoms with Crippen molar-refractivity contribution < 1.29 is 19.1 Å². The van der Waals surface area contributed by atoms with Crippen molar-refractivity contribution in [3.05, 3.63) is 66.2 Å². The molecule has 0 aliphatic carbocycles. The lowest BCUT2D eigenvalue weighted by Crippen LogP contribution is -2.56. The average molecular weight is 500 g/mol. The van der Waals surface area contributed by atoms with E-state index in [1.54, 1.807) is 17.0 Å². The second-order valence-electron chi connectivity index (χ2n) is 8.75. The van der Waals surface area contributed by atoms with Crippen molar-refractivity contribution in [3.63, 3.8) is 0 Å². The molecule has 11 heteroatoms.